The lowest BCUT2D eigenvalue weighted by atomic mass is 9.94. The quantitative estimate of drug-likeness (QED) is 0.182. The lowest BCUT2D eigenvalue weighted by Gasteiger charge is -2.12. The molecule has 0 aliphatic rings. The smallest absolute Gasteiger partial charge is 0.227 e. The first-order chi connectivity index (χ1) is 24.3. The predicted octanol–water partition coefficient (Wildman–Crippen LogP) is 11.3. The van der Waals surface area contributed by atoms with Crippen LogP contribution in [0.2, 0.25) is 0 Å². The van der Waals surface area contributed by atoms with Crippen LogP contribution in [0, 0.1) is 0 Å². The Kier molecular flexibility index (Phi) is 6.11. The highest BCUT2D eigenvalue weighted by molar-refractivity contribution is 6.30. The molecule has 0 aliphatic heterocycles. The summed E-state index contributed by atoms with van der Waals surface area (Å²) in [5.41, 5.74) is 5.39. The second kappa shape index (κ2) is 10.9. The Morgan fingerprint density at radius 3 is 1.67 bits per heavy atom. The van der Waals surface area contributed by atoms with Gasteiger partial charge in [0.2, 0.25) is 5.89 Å². The van der Waals surface area contributed by atoms with E-state index in [1.54, 1.807) is 0 Å². The van der Waals surface area contributed by atoms with Crippen molar-refractivity contribution in [3.63, 3.8) is 0 Å². The van der Waals surface area contributed by atoms with E-state index in [1.807, 2.05) is 60.7 Å². The third kappa shape index (κ3) is 4.55. The zero-order chi connectivity index (χ0) is 32.3. The van der Waals surface area contributed by atoms with E-state index in [9.17, 15) is 0 Å². The number of benzene rings is 8. The molecule has 2 aromatic heterocycles. The fourth-order valence-electron chi connectivity index (χ4n) is 6.91. The van der Waals surface area contributed by atoms with E-state index in [4.69, 9.17) is 24.4 Å². The van der Waals surface area contributed by atoms with Gasteiger partial charge in [0.05, 0.1) is 0 Å². The fraction of sp³-hybridized carbons (Fsp3) is 0. The normalized spacial score (nSPS) is 11.7. The SMILES string of the molecule is c1ccc(-c2nc(-c3ccc4ccccc4c3)nc(-c3ccc4ccc5c6oc(-c7ccccc7)nc6c6ccccc6c5c4c3)n2)cc1. The number of rotatable bonds is 4. The van der Waals surface area contributed by atoms with Gasteiger partial charge in [0.1, 0.15) is 5.52 Å². The molecule has 0 N–H and O–H groups in total. The molecule has 0 amide bonds. The lowest BCUT2D eigenvalue weighted by Crippen LogP contribution is -2.00. The molecule has 0 saturated heterocycles. The van der Waals surface area contributed by atoms with Crippen LogP contribution in [0.25, 0.3) is 99.8 Å². The summed E-state index contributed by atoms with van der Waals surface area (Å²) in [5, 5.41) is 8.85. The minimum absolute atomic E-state index is 0.613. The van der Waals surface area contributed by atoms with E-state index in [2.05, 4.69) is 97.1 Å². The molecule has 0 bridgehead atoms. The van der Waals surface area contributed by atoms with Crippen molar-refractivity contribution in [1.29, 1.82) is 0 Å². The maximum Gasteiger partial charge on any atom is 0.227 e. The molecule has 5 heteroatoms. The number of hydrogen-bond donors (Lipinski definition) is 0. The largest absolute Gasteiger partial charge is 0.435 e. The van der Waals surface area contributed by atoms with E-state index < -0.39 is 0 Å². The summed E-state index contributed by atoms with van der Waals surface area (Å²) in [6.45, 7) is 0. The zero-order valence-electron chi connectivity index (χ0n) is 26.2. The van der Waals surface area contributed by atoms with Crippen molar-refractivity contribution in [3.05, 3.63) is 158 Å². The third-order valence-corrected chi connectivity index (χ3v) is 9.30. The maximum atomic E-state index is 6.56. The molecule has 0 aliphatic carbocycles. The average Bonchev–Trinajstić information content (AvgIpc) is 3.64. The Morgan fingerprint density at radius 1 is 0.347 bits per heavy atom. The molecule has 0 fully saturated rings. The van der Waals surface area contributed by atoms with Crippen molar-refractivity contribution >= 4 is 54.2 Å². The summed E-state index contributed by atoms with van der Waals surface area (Å²) in [6.07, 6.45) is 0. The van der Waals surface area contributed by atoms with Crippen LogP contribution in [0.1, 0.15) is 0 Å². The summed E-state index contributed by atoms with van der Waals surface area (Å²) in [5.74, 6) is 2.50. The van der Waals surface area contributed by atoms with Gasteiger partial charge in [0.15, 0.2) is 23.1 Å². The minimum atomic E-state index is 0.613. The lowest BCUT2D eigenvalue weighted by molar-refractivity contribution is 0.623. The van der Waals surface area contributed by atoms with Crippen molar-refractivity contribution in [3.8, 4) is 45.6 Å². The fourth-order valence-corrected chi connectivity index (χ4v) is 6.91. The van der Waals surface area contributed by atoms with Crippen molar-refractivity contribution in [1.82, 2.24) is 19.9 Å². The van der Waals surface area contributed by atoms with E-state index >= 15 is 0 Å². The monoisotopic (exact) mass is 626 g/mol. The number of nitrogens with zero attached hydrogens (tertiary/aromatic N) is 4. The predicted molar refractivity (Wildman–Crippen MR) is 199 cm³/mol. The molecule has 5 nitrogen and oxygen atoms in total. The summed E-state index contributed by atoms with van der Waals surface area (Å²) < 4.78 is 6.56. The number of hydrogen-bond acceptors (Lipinski definition) is 5. The van der Waals surface area contributed by atoms with Gasteiger partial charge in [-0.1, -0.05) is 127 Å². The number of oxazole rings is 1. The van der Waals surface area contributed by atoms with Gasteiger partial charge in [0, 0.05) is 38.4 Å². The first-order valence-electron chi connectivity index (χ1n) is 16.3. The van der Waals surface area contributed by atoms with Crippen LogP contribution in [0.15, 0.2) is 162 Å². The van der Waals surface area contributed by atoms with Crippen LogP contribution in [0.5, 0.6) is 0 Å². The minimum Gasteiger partial charge on any atom is -0.435 e. The van der Waals surface area contributed by atoms with Gasteiger partial charge in [-0.3, -0.25) is 0 Å². The van der Waals surface area contributed by atoms with E-state index in [1.165, 1.54) is 5.39 Å². The van der Waals surface area contributed by atoms with E-state index in [0.29, 0.717) is 23.4 Å². The number of fused-ring (bicyclic) bond motifs is 9. The standard InChI is InChI=1S/C44H26N4O/c1-3-12-29(13-4-1)41-46-42(32-21-19-27-11-7-8-16-31(27)25-32)48-43(47-41)33-22-20-28-23-24-36-38(37(28)26-33)34-17-9-10-18-35(34)39-40(36)49-44(45-39)30-14-5-2-6-15-30/h1-26H. The van der Waals surface area contributed by atoms with Crippen molar-refractivity contribution in [2.75, 3.05) is 0 Å². The molecule has 0 radical (unpaired) electrons. The molecule has 10 aromatic rings. The molecule has 0 unspecified atom stereocenters. The van der Waals surface area contributed by atoms with E-state index in [-0.39, 0.29) is 0 Å². The van der Waals surface area contributed by atoms with Crippen LogP contribution in [-0.2, 0) is 0 Å². The molecule has 2 heterocycles. The number of aromatic nitrogens is 4. The molecule has 8 aromatic carbocycles. The molecule has 49 heavy (non-hydrogen) atoms. The van der Waals surface area contributed by atoms with Crippen molar-refractivity contribution in [2.24, 2.45) is 0 Å². The third-order valence-electron chi connectivity index (χ3n) is 9.30. The summed E-state index contributed by atoms with van der Waals surface area (Å²) in [7, 11) is 0. The Bertz CT molecular complexity index is 2880. The van der Waals surface area contributed by atoms with Gasteiger partial charge in [-0.15, -0.1) is 0 Å². The topological polar surface area (TPSA) is 64.7 Å². The summed E-state index contributed by atoms with van der Waals surface area (Å²) in [6, 6.07) is 54.1. The van der Waals surface area contributed by atoms with Gasteiger partial charge >= 0.3 is 0 Å². The Balaban J connectivity index is 1.22. The van der Waals surface area contributed by atoms with Crippen LogP contribution < -0.4 is 0 Å². The Labute approximate surface area is 281 Å². The second-order valence-electron chi connectivity index (χ2n) is 12.3. The van der Waals surface area contributed by atoms with Crippen molar-refractivity contribution in [2.45, 2.75) is 0 Å². The van der Waals surface area contributed by atoms with Gasteiger partial charge in [0.25, 0.3) is 0 Å². The van der Waals surface area contributed by atoms with E-state index in [0.717, 1.165) is 71.1 Å². The summed E-state index contributed by atoms with van der Waals surface area (Å²) >= 11 is 0. The van der Waals surface area contributed by atoms with Crippen LogP contribution in [-0.4, -0.2) is 19.9 Å². The highest BCUT2D eigenvalue weighted by Gasteiger charge is 2.19. The molecule has 228 valence electrons. The van der Waals surface area contributed by atoms with Crippen LogP contribution >= 0.6 is 0 Å². The van der Waals surface area contributed by atoms with Gasteiger partial charge in [-0.25, -0.2) is 19.9 Å². The second-order valence-corrected chi connectivity index (χ2v) is 12.3. The maximum absolute atomic E-state index is 6.56. The van der Waals surface area contributed by atoms with Crippen LogP contribution in [0.4, 0.5) is 0 Å². The van der Waals surface area contributed by atoms with Crippen LogP contribution in [0.3, 0.4) is 0 Å². The molecule has 10 rings (SSSR count). The Morgan fingerprint density at radius 2 is 0.918 bits per heavy atom. The molecule has 0 saturated carbocycles. The van der Waals surface area contributed by atoms with Gasteiger partial charge in [-0.05, 0) is 57.3 Å². The first kappa shape index (κ1) is 27.4. The average molecular weight is 627 g/mol. The zero-order valence-corrected chi connectivity index (χ0v) is 26.2. The molecule has 0 atom stereocenters. The van der Waals surface area contributed by atoms with Gasteiger partial charge in [-0.2, -0.15) is 0 Å². The molecule has 0 spiro atoms. The first-order valence-corrected chi connectivity index (χ1v) is 16.3. The summed E-state index contributed by atoms with van der Waals surface area (Å²) in [4.78, 5) is 20.1. The Hall–Kier alpha value is -6.72. The molecular formula is C44H26N4O. The highest BCUT2D eigenvalue weighted by atomic mass is 16.3. The van der Waals surface area contributed by atoms with Crippen molar-refractivity contribution < 1.29 is 4.42 Å². The molecular weight excluding hydrogens is 601 g/mol. The highest BCUT2D eigenvalue weighted by Crippen LogP contribution is 2.41. The van der Waals surface area contributed by atoms with Gasteiger partial charge < -0.3 is 4.42 Å².